The summed E-state index contributed by atoms with van der Waals surface area (Å²) in [6, 6.07) is 8.86. The first-order valence-electron chi connectivity index (χ1n) is 9.68. The molecule has 0 amide bonds. The van der Waals surface area contributed by atoms with Gasteiger partial charge in [0.05, 0.1) is 6.61 Å². The van der Waals surface area contributed by atoms with Crippen molar-refractivity contribution in [2.75, 3.05) is 26.2 Å². The van der Waals surface area contributed by atoms with Crippen molar-refractivity contribution in [2.45, 2.75) is 33.0 Å². The van der Waals surface area contributed by atoms with E-state index in [1.807, 2.05) is 19.2 Å². The van der Waals surface area contributed by atoms with Crippen LogP contribution in [0, 0.1) is 0 Å². The number of ether oxygens (including phenoxy) is 1. The van der Waals surface area contributed by atoms with Gasteiger partial charge in [-0.2, -0.15) is 0 Å². The maximum atomic E-state index is 5.78. The molecular formula is C21H27N5O. The summed E-state index contributed by atoms with van der Waals surface area (Å²) in [7, 11) is 0. The van der Waals surface area contributed by atoms with Gasteiger partial charge in [0.2, 0.25) is 0 Å². The van der Waals surface area contributed by atoms with Crippen molar-refractivity contribution >= 4 is 11.2 Å². The molecule has 142 valence electrons. The first-order valence-corrected chi connectivity index (χ1v) is 9.68. The Morgan fingerprint density at radius 1 is 1.11 bits per heavy atom. The van der Waals surface area contributed by atoms with Crippen molar-refractivity contribution in [3.63, 3.8) is 0 Å². The fraction of sp³-hybridized carbons (Fsp3) is 0.429. The van der Waals surface area contributed by atoms with E-state index >= 15 is 0 Å². The number of hydrogen-bond acceptors (Lipinski definition) is 5. The Morgan fingerprint density at radius 2 is 1.96 bits per heavy atom. The van der Waals surface area contributed by atoms with E-state index < -0.39 is 0 Å². The van der Waals surface area contributed by atoms with Crippen LogP contribution in [-0.4, -0.2) is 57.0 Å². The molecule has 3 heterocycles. The number of nitrogens with one attached hydrogen (secondary N) is 1. The fourth-order valence-electron chi connectivity index (χ4n) is 3.86. The molecular weight excluding hydrogens is 338 g/mol. The Bertz CT molecular complexity index is 893. The Morgan fingerprint density at radius 3 is 2.81 bits per heavy atom. The highest BCUT2D eigenvalue weighted by Crippen LogP contribution is 2.23. The Hall–Kier alpha value is -2.44. The maximum absolute atomic E-state index is 5.78. The van der Waals surface area contributed by atoms with E-state index in [0.717, 1.165) is 49.6 Å². The number of aromatic amines is 1. The second-order valence-electron chi connectivity index (χ2n) is 7.16. The van der Waals surface area contributed by atoms with Gasteiger partial charge < -0.3 is 9.72 Å². The van der Waals surface area contributed by atoms with Gasteiger partial charge >= 0.3 is 0 Å². The van der Waals surface area contributed by atoms with Crippen LogP contribution >= 0.6 is 0 Å². The molecule has 27 heavy (non-hydrogen) atoms. The number of piperazine rings is 1. The Labute approximate surface area is 160 Å². The van der Waals surface area contributed by atoms with Crippen LogP contribution in [0.3, 0.4) is 0 Å². The van der Waals surface area contributed by atoms with E-state index in [1.54, 1.807) is 12.4 Å². The first-order chi connectivity index (χ1) is 13.2. The van der Waals surface area contributed by atoms with Crippen molar-refractivity contribution in [2.24, 2.45) is 0 Å². The smallest absolute Gasteiger partial charge is 0.156 e. The summed E-state index contributed by atoms with van der Waals surface area (Å²) in [5.41, 5.74) is 4.34. The quantitative estimate of drug-likeness (QED) is 0.728. The monoisotopic (exact) mass is 365 g/mol. The van der Waals surface area contributed by atoms with E-state index in [1.165, 1.54) is 11.1 Å². The molecule has 0 radical (unpaired) electrons. The molecule has 0 saturated carbocycles. The zero-order valence-electron chi connectivity index (χ0n) is 16.1. The number of rotatable bonds is 6. The van der Waals surface area contributed by atoms with Gasteiger partial charge in [0.15, 0.2) is 5.65 Å². The van der Waals surface area contributed by atoms with E-state index in [4.69, 9.17) is 4.74 Å². The number of fused-ring (bicyclic) bond motifs is 1. The van der Waals surface area contributed by atoms with Crippen LogP contribution in [0.2, 0.25) is 0 Å². The van der Waals surface area contributed by atoms with Crippen molar-refractivity contribution < 1.29 is 4.74 Å². The molecule has 1 aliphatic heterocycles. The van der Waals surface area contributed by atoms with Gasteiger partial charge in [0.25, 0.3) is 0 Å². The summed E-state index contributed by atoms with van der Waals surface area (Å²) >= 11 is 0. The summed E-state index contributed by atoms with van der Waals surface area (Å²) in [5, 5.41) is 0. The lowest BCUT2D eigenvalue weighted by atomic mass is 10.1. The minimum absolute atomic E-state index is 0.486. The molecule has 1 fully saturated rings. The van der Waals surface area contributed by atoms with Crippen LogP contribution in [0.1, 0.15) is 25.0 Å². The third kappa shape index (κ3) is 3.96. The molecule has 3 aromatic rings. The molecule has 1 saturated heterocycles. The molecule has 1 atom stereocenters. The van der Waals surface area contributed by atoms with E-state index in [-0.39, 0.29) is 0 Å². The summed E-state index contributed by atoms with van der Waals surface area (Å²) in [5.74, 6) is 1.01. The standard InChI is InChI=1S/C21H27N5O/c1-3-27-19-7-5-4-6-17(19)14-25-10-11-26(16(2)13-25)15-18-12-24-21-20(18)22-8-9-23-21/h4-9,12,16H,3,10-11,13-15H2,1-2H3,(H,23,24)/t16-/m0/s1. The lowest BCUT2D eigenvalue weighted by Crippen LogP contribution is -2.50. The van der Waals surface area contributed by atoms with Crippen molar-refractivity contribution in [3.05, 3.63) is 54.0 Å². The van der Waals surface area contributed by atoms with Gasteiger partial charge in [-0.05, 0) is 19.9 Å². The van der Waals surface area contributed by atoms with Crippen LogP contribution in [-0.2, 0) is 13.1 Å². The highest BCUT2D eigenvalue weighted by molar-refractivity contribution is 5.74. The second kappa shape index (κ2) is 8.06. The molecule has 0 bridgehead atoms. The van der Waals surface area contributed by atoms with E-state index in [9.17, 15) is 0 Å². The van der Waals surface area contributed by atoms with Crippen LogP contribution in [0.4, 0.5) is 0 Å². The number of H-pyrrole nitrogens is 1. The molecule has 1 N–H and O–H groups in total. The van der Waals surface area contributed by atoms with Crippen LogP contribution < -0.4 is 4.74 Å². The van der Waals surface area contributed by atoms with Crippen LogP contribution in [0.25, 0.3) is 11.2 Å². The Kier molecular flexibility index (Phi) is 5.36. The average Bonchev–Trinajstić information content (AvgIpc) is 3.09. The van der Waals surface area contributed by atoms with E-state index in [2.05, 4.69) is 49.9 Å². The van der Waals surface area contributed by atoms with Gasteiger partial charge in [-0.3, -0.25) is 14.8 Å². The summed E-state index contributed by atoms with van der Waals surface area (Å²) < 4.78 is 5.78. The number of para-hydroxylation sites is 1. The van der Waals surface area contributed by atoms with Crippen molar-refractivity contribution in [1.29, 1.82) is 0 Å². The summed E-state index contributed by atoms with van der Waals surface area (Å²) in [6.07, 6.45) is 5.53. The van der Waals surface area contributed by atoms with Gasteiger partial charge in [-0.25, -0.2) is 4.98 Å². The average molecular weight is 365 g/mol. The van der Waals surface area contributed by atoms with Crippen LogP contribution in [0.5, 0.6) is 5.75 Å². The zero-order valence-corrected chi connectivity index (χ0v) is 16.1. The zero-order chi connectivity index (χ0) is 18.6. The lowest BCUT2D eigenvalue weighted by molar-refractivity contribution is 0.0730. The number of aromatic nitrogens is 3. The minimum atomic E-state index is 0.486. The SMILES string of the molecule is CCOc1ccccc1CN1CCN(Cc2c[nH]c3nccnc23)[C@@H](C)C1. The van der Waals surface area contributed by atoms with Crippen LogP contribution in [0.15, 0.2) is 42.9 Å². The largest absolute Gasteiger partial charge is 0.494 e. The lowest BCUT2D eigenvalue weighted by Gasteiger charge is -2.40. The normalized spacial score (nSPS) is 18.8. The van der Waals surface area contributed by atoms with Gasteiger partial charge in [0.1, 0.15) is 11.3 Å². The van der Waals surface area contributed by atoms with Gasteiger partial charge in [-0.1, -0.05) is 18.2 Å². The molecule has 1 aromatic carbocycles. The number of benzene rings is 1. The second-order valence-corrected chi connectivity index (χ2v) is 7.16. The predicted octanol–water partition coefficient (Wildman–Crippen LogP) is 3.06. The van der Waals surface area contributed by atoms with Gasteiger partial charge in [0, 0.05) is 68.5 Å². The number of nitrogens with zero attached hydrogens (tertiary/aromatic N) is 4. The summed E-state index contributed by atoms with van der Waals surface area (Å²) in [6.45, 7) is 10.0. The molecule has 6 nitrogen and oxygen atoms in total. The van der Waals surface area contributed by atoms with Crippen molar-refractivity contribution in [1.82, 2.24) is 24.8 Å². The molecule has 0 unspecified atom stereocenters. The third-order valence-corrected chi connectivity index (χ3v) is 5.27. The predicted molar refractivity (Wildman–Crippen MR) is 107 cm³/mol. The topological polar surface area (TPSA) is 57.3 Å². The maximum Gasteiger partial charge on any atom is 0.156 e. The van der Waals surface area contributed by atoms with Crippen molar-refractivity contribution in [3.8, 4) is 5.75 Å². The molecule has 0 aliphatic carbocycles. The number of hydrogen-bond donors (Lipinski definition) is 1. The highest BCUT2D eigenvalue weighted by atomic mass is 16.5. The molecule has 2 aromatic heterocycles. The molecule has 6 heteroatoms. The highest BCUT2D eigenvalue weighted by Gasteiger charge is 2.25. The minimum Gasteiger partial charge on any atom is -0.494 e. The summed E-state index contributed by atoms with van der Waals surface area (Å²) in [4.78, 5) is 17.1. The molecule has 4 rings (SSSR count). The van der Waals surface area contributed by atoms with E-state index in [0.29, 0.717) is 12.6 Å². The fourth-order valence-corrected chi connectivity index (χ4v) is 3.86. The first kappa shape index (κ1) is 17.9. The van der Waals surface area contributed by atoms with Gasteiger partial charge in [-0.15, -0.1) is 0 Å². The third-order valence-electron chi connectivity index (χ3n) is 5.27. The molecule has 0 spiro atoms. The molecule has 1 aliphatic rings. The Balaban J connectivity index is 1.39.